The molecule has 1 amide bonds. The van der Waals surface area contributed by atoms with Crippen LogP contribution in [0.2, 0.25) is 0 Å². The molecule has 0 aliphatic carbocycles. The summed E-state index contributed by atoms with van der Waals surface area (Å²) < 4.78 is 0. The summed E-state index contributed by atoms with van der Waals surface area (Å²) in [6, 6.07) is 12.7. The van der Waals surface area contributed by atoms with Crippen molar-refractivity contribution in [3.63, 3.8) is 0 Å². The molecule has 0 fully saturated rings. The predicted octanol–water partition coefficient (Wildman–Crippen LogP) is 3.02. The predicted molar refractivity (Wildman–Crippen MR) is 140 cm³/mol. The Morgan fingerprint density at radius 1 is 0.889 bits per heavy atom. The highest BCUT2D eigenvalue weighted by Gasteiger charge is 2.25. The maximum absolute atomic E-state index is 12.2. The van der Waals surface area contributed by atoms with Gasteiger partial charge in [-0.1, -0.05) is 18.2 Å². The molecule has 4 rings (SSSR count). The third kappa shape index (κ3) is 6.29. The largest absolute Gasteiger partial charge is 0.375 e. The molecule has 0 aliphatic rings. The number of carbonyl (C=O) groups is 1. The summed E-state index contributed by atoms with van der Waals surface area (Å²) in [6.07, 6.45) is 5.20. The minimum atomic E-state index is -0.588. The molecule has 10 heteroatoms. The number of aromatic nitrogens is 3. The van der Waals surface area contributed by atoms with Gasteiger partial charge in [0.05, 0.1) is 6.42 Å². The van der Waals surface area contributed by atoms with Crippen LogP contribution in [0.4, 0.5) is 28.8 Å². The molecular weight excluding hydrogens is 458 g/mol. The maximum atomic E-state index is 12.2. The Balaban J connectivity index is 1.35. The highest BCUT2D eigenvalue weighted by molar-refractivity contribution is 5.79. The van der Waals surface area contributed by atoms with E-state index in [2.05, 4.69) is 36.2 Å². The van der Waals surface area contributed by atoms with Crippen LogP contribution in [0.15, 0.2) is 70.6 Å². The van der Waals surface area contributed by atoms with Crippen molar-refractivity contribution in [2.45, 2.75) is 39.3 Å². The standard InChI is InChI=1S/C26H27N7O3/c1-26(2,3)33-22-21(23(35)24(22)36)31-19-10-12-28-25(32-19)30-18-8-6-16(7-9-18)13-20(34)29-15-17-5-4-11-27-14-17/h4-12,14,33H,13,15H2,1-3H3,(H,29,34)(H2,28,30,31,32). The molecule has 10 nitrogen and oxygen atoms in total. The minimum Gasteiger partial charge on any atom is -0.375 e. The first-order chi connectivity index (χ1) is 17.2. The summed E-state index contributed by atoms with van der Waals surface area (Å²) in [5, 5.41) is 11.9. The summed E-state index contributed by atoms with van der Waals surface area (Å²) in [7, 11) is 0. The fourth-order valence-electron chi connectivity index (χ4n) is 3.41. The molecule has 0 aliphatic heterocycles. The van der Waals surface area contributed by atoms with Gasteiger partial charge < -0.3 is 21.3 Å². The van der Waals surface area contributed by atoms with Gasteiger partial charge in [0.25, 0.3) is 10.9 Å². The quantitative estimate of drug-likeness (QED) is 0.264. The lowest BCUT2D eigenvalue weighted by Gasteiger charge is -2.24. The zero-order valence-electron chi connectivity index (χ0n) is 20.3. The van der Waals surface area contributed by atoms with E-state index in [-0.39, 0.29) is 29.2 Å². The fourth-order valence-corrected chi connectivity index (χ4v) is 3.41. The first-order valence-electron chi connectivity index (χ1n) is 11.4. The Hall–Kier alpha value is -4.60. The molecule has 0 bridgehead atoms. The molecule has 4 aromatic rings. The second kappa shape index (κ2) is 10.3. The van der Waals surface area contributed by atoms with Gasteiger partial charge in [-0.15, -0.1) is 0 Å². The Morgan fingerprint density at radius 3 is 2.33 bits per heavy atom. The van der Waals surface area contributed by atoms with Gasteiger partial charge >= 0.3 is 0 Å². The molecule has 0 saturated carbocycles. The normalized spacial score (nSPS) is 11.2. The van der Waals surface area contributed by atoms with Gasteiger partial charge in [-0.3, -0.25) is 19.4 Å². The van der Waals surface area contributed by atoms with Crippen LogP contribution >= 0.6 is 0 Å². The number of nitrogens with one attached hydrogen (secondary N) is 4. The second-order valence-corrected chi connectivity index (χ2v) is 9.31. The lowest BCUT2D eigenvalue weighted by Crippen LogP contribution is -2.41. The molecule has 0 spiro atoms. The smallest absolute Gasteiger partial charge is 0.253 e. The van der Waals surface area contributed by atoms with E-state index >= 15 is 0 Å². The summed E-state index contributed by atoms with van der Waals surface area (Å²) in [6.45, 7) is 6.14. The van der Waals surface area contributed by atoms with Crippen molar-refractivity contribution < 1.29 is 4.79 Å². The van der Waals surface area contributed by atoms with Crippen LogP contribution in [0.5, 0.6) is 0 Å². The van der Waals surface area contributed by atoms with Crippen LogP contribution in [-0.4, -0.2) is 26.4 Å². The van der Waals surface area contributed by atoms with E-state index in [1.54, 1.807) is 24.7 Å². The maximum Gasteiger partial charge on any atom is 0.253 e. The summed E-state index contributed by atoms with van der Waals surface area (Å²) in [4.78, 5) is 48.9. The Labute approximate surface area is 207 Å². The molecule has 2 aromatic heterocycles. The summed E-state index contributed by atoms with van der Waals surface area (Å²) in [5.74, 6) is 0.602. The molecule has 4 N–H and O–H groups in total. The molecule has 0 radical (unpaired) electrons. The van der Waals surface area contributed by atoms with Crippen molar-refractivity contribution >= 4 is 34.7 Å². The van der Waals surface area contributed by atoms with Gasteiger partial charge in [0.2, 0.25) is 11.9 Å². The number of benzene rings is 1. The van der Waals surface area contributed by atoms with Crippen molar-refractivity contribution in [1.29, 1.82) is 0 Å². The van der Waals surface area contributed by atoms with Crippen LogP contribution in [0, 0.1) is 0 Å². The van der Waals surface area contributed by atoms with Crippen molar-refractivity contribution in [2.75, 3.05) is 16.0 Å². The van der Waals surface area contributed by atoms with E-state index in [1.165, 1.54) is 0 Å². The molecule has 2 aromatic carbocycles. The number of hydrogen-bond acceptors (Lipinski definition) is 9. The van der Waals surface area contributed by atoms with E-state index in [0.717, 1.165) is 16.8 Å². The Kier molecular flexibility index (Phi) is 7.05. The number of pyridine rings is 1. The highest BCUT2D eigenvalue weighted by atomic mass is 16.2. The van der Waals surface area contributed by atoms with E-state index in [1.807, 2.05) is 57.2 Å². The second-order valence-electron chi connectivity index (χ2n) is 9.31. The average Bonchev–Trinajstić information content (AvgIpc) is 2.86. The van der Waals surface area contributed by atoms with Crippen molar-refractivity contribution in [3.8, 4) is 0 Å². The third-order valence-corrected chi connectivity index (χ3v) is 5.11. The number of anilines is 5. The molecule has 184 valence electrons. The van der Waals surface area contributed by atoms with Crippen LogP contribution in [0.3, 0.4) is 0 Å². The van der Waals surface area contributed by atoms with Gasteiger partial charge in [0.1, 0.15) is 17.2 Å². The van der Waals surface area contributed by atoms with Crippen LogP contribution in [0.25, 0.3) is 0 Å². The van der Waals surface area contributed by atoms with Gasteiger partial charge in [0, 0.05) is 36.4 Å². The van der Waals surface area contributed by atoms with Gasteiger partial charge in [-0.05, 0) is 56.2 Å². The summed E-state index contributed by atoms with van der Waals surface area (Å²) in [5.41, 5.74) is 1.46. The SMILES string of the molecule is CC(C)(C)Nc1c(Nc2ccnc(Nc3ccc(CC(=O)NCc4cccnc4)cc3)n2)c(=O)c1=O. The van der Waals surface area contributed by atoms with Crippen LogP contribution in [0.1, 0.15) is 31.9 Å². The van der Waals surface area contributed by atoms with Gasteiger partial charge in [-0.2, -0.15) is 4.98 Å². The van der Waals surface area contributed by atoms with Gasteiger partial charge in [-0.25, -0.2) is 4.98 Å². The van der Waals surface area contributed by atoms with E-state index < -0.39 is 10.9 Å². The van der Waals surface area contributed by atoms with Crippen molar-refractivity contribution in [1.82, 2.24) is 20.3 Å². The molecule has 0 atom stereocenters. The average molecular weight is 486 g/mol. The Morgan fingerprint density at radius 2 is 1.64 bits per heavy atom. The zero-order chi connectivity index (χ0) is 25.7. The monoisotopic (exact) mass is 485 g/mol. The number of rotatable bonds is 9. The lowest BCUT2D eigenvalue weighted by molar-refractivity contribution is -0.120. The zero-order valence-corrected chi connectivity index (χ0v) is 20.3. The minimum absolute atomic E-state index is 0.0830. The number of hydrogen-bond donors (Lipinski definition) is 4. The third-order valence-electron chi connectivity index (χ3n) is 5.11. The molecular formula is C26H27N7O3. The first kappa shape index (κ1) is 24.5. The van der Waals surface area contributed by atoms with Crippen molar-refractivity contribution in [2.24, 2.45) is 0 Å². The molecule has 2 heterocycles. The number of amides is 1. The van der Waals surface area contributed by atoms with Crippen LogP contribution < -0.4 is 32.1 Å². The lowest BCUT2D eigenvalue weighted by atomic mass is 10.1. The van der Waals surface area contributed by atoms with Gasteiger partial charge in [0.15, 0.2) is 0 Å². The molecule has 0 unspecified atom stereocenters. The Bertz CT molecular complexity index is 1420. The van der Waals surface area contributed by atoms with E-state index in [9.17, 15) is 14.4 Å². The van der Waals surface area contributed by atoms with Crippen LogP contribution in [-0.2, 0) is 17.8 Å². The molecule has 0 saturated heterocycles. The molecule has 36 heavy (non-hydrogen) atoms. The van der Waals surface area contributed by atoms with Crippen molar-refractivity contribution in [3.05, 3.63) is 92.6 Å². The highest BCUT2D eigenvalue weighted by Crippen LogP contribution is 2.23. The summed E-state index contributed by atoms with van der Waals surface area (Å²) >= 11 is 0. The number of nitrogens with zero attached hydrogens (tertiary/aromatic N) is 3. The fraction of sp³-hybridized carbons (Fsp3) is 0.231. The topological polar surface area (TPSA) is 138 Å². The first-order valence-corrected chi connectivity index (χ1v) is 11.4. The number of carbonyl (C=O) groups excluding carboxylic acids is 1. The van der Waals surface area contributed by atoms with E-state index in [4.69, 9.17) is 0 Å². The van der Waals surface area contributed by atoms with E-state index in [0.29, 0.717) is 18.3 Å².